The Morgan fingerprint density at radius 3 is 1.62 bits per heavy atom. The second kappa shape index (κ2) is 12.3. The van der Waals surface area contributed by atoms with Crippen molar-refractivity contribution in [3.05, 3.63) is 0 Å². The highest BCUT2D eigenvalue weighted by Gasteiger charge is 2.44. The largest absolute Gasteiger partial charge is 0.336 e. The predicted molar refractivity (Wildman–Crippen MR) is 114 cm³/mol. The van der Waals surface area contributed by atoms with Crippen LogP contribution in [0.3, 0.4) is 0 Å². The number of nitrogens with one attached hydrogen (secondary N) is 2. The Morgan fingerprint density at radius 2 is 1.19 bits per heavy atom. The second-order valence-electron chi connectivity index (χ2n) is 9.41. The maximum absolute atomic E-state index is 6.25. The highest BCUT2D eigenvalue weighted by molar-refractivity contribution is 4.92. The van der Waals surface area contributed by atoms with Gasteiger partial charge in [0.15, 0.2) is 0 Å². The standard InChI is InChI=1S/C22H48N2O2/c1-10-13-14-15-16-17-18-19(23-20(4,5)6)22(25-11-2,26-12-3)24-21(7,8)9/h19,23-24H,10-18H2,1-9H3. The average Bonchev–Trinajstić information content (AvgIpc) is 2.47. The van der Waals surface area contributed by atoms with Crippen LogP contribution in [-0.4, -0.2) is 36.2 Å². The van der Waals surface area contributed by atoms with Crippen LogP contribution in [0.1, 0.15) is 107 Å². The van der Waals surface area contributed by atoms with Crippen molar-refractivity contribution in [2.45, 2.75) is 130 Å². The highest BCUT2D eigenvalue weighted by Crippen LogP contribution is 2.26. The maximum atomic E-state index is 6.25. The van der Waals surface area contributed by atoms with Crippen molar-refractivity contribution in [3.63, 3.8) is 0 Å². The first-order valence-corrected chi connectivity index (χ1v) is 10.8. The molecule has 2 N–H and O–H groups in total. The van der Waals surface area contributed by atoms with Crippen LogP contribution < -0.4 is 10.6 Å². The molecular formula is C22H48N2O2. The SMILES string of the molecule is CCCCCCCCC(NC(C)(C)C)C(NC(C)(C)C)(OCC)OCC. The lowest BCUT2D eigenvalue weighted by molar-refractivity contribution is -0.280. The van der Waals surface area contributed by atoms with Crippen LogP contribution in [-0.2, 0) is 9.47 Å². The maximum Gasteiger partial charge on any atom is 0.244 e. The van der Waals surface area contributed by atoms with Crippen molar-refractivity contribution >= 4 is 0 Å². The van der Waals surface area contributed by atoms with Gasteiger partial charge >= 0.3 is 0 Å². The van der Waals surface area contributed by atoms with Gasteiger partial charge in [-0.25, -0.2) is 0 Å². The fourth-order valence-corrected chi connectivity index (χ4v) is 3.36. The van der Waals surface area contributed by atoms with E-state index < -0.39 is 5.91 Å². The van der Waals surface area contributed by atoms with E-state index in [0.29, 0.717) is 13.2 Å². The molecular weight excluding hydrogens is 324 g/mol. The van der Waals surface area contributed by atoms with Crippen LogP contribution in [0.15, 0.2) is 0 Å². The summed E-state index contributed by atoms with van der Waals surface area (Å²) >= 11 is 0. The summed E-state index contributed by atoms with van der Waals surface area (Å²) in [7, 11) is 0. The van der Waals surface area contributed by atoms with Gasteiger partial charge in [0.1, 0.15) is 0 Å². The molecule has 0 aromatic rings. The van der Waals surface area contributed by atoms with Crippen LogP contribution >= 0.6 is 0 Å². The molecule has 0 fully saturated rings. The van der Waals surface area contributed by atoms with Crippen molar-refractivity contribution in [1.29, 1.82) is 0 Å². The molecule has 0 heterocycles. The molecule has 0 aliphatic rings. The molecule has 0 aliphatic heterocycles. The third kappa shape index (κ3) is 11.5. The Hall–Kier alpha value is -0.160. The first-order chi connectivity index (χ1) is 12.0. The summed E-state index contributed by atoms with van der Waals surface area (Å²) in [6.45, 7) is 20.7. The van der Waals surface area contributed by atoms with E-state index in [9.17, 15) is 0 Å². The van der Waals surface area contributed by atoms with E-state index in [1.807, 2.05) is 13.8 Å². The summed E-state index contributed by atoms with van der Waals surface area (Å²) in [5.41, 5.74) is -0.116. The molecule has 158 valence electrons. The fourth-order valence-electron chi connectivity index (χ4n) is 3.36. The van der Waals surface area contributed by atoms with Crippen molar-refractivity contribution in [2.75, 3.05) is 13.2 Å². The Labute approximate surface area is 164 Å². The van der Waals surface area contributed by atoms with Crippen molar-refractivity contribution in [3.8, 4) is 0 Å². The van der Waals surface area contributed by atoms with Crippen LogP contribution in [0.4, 0.5) is 0 Å². The molecule has 0 spiro atoms. The Morgan fingerprint density at radius 1 is 0.692 bits per heavy atom. The lowest BCUT2D eigenvalue weighted by atomic mass is 9.97. The van der Waals surface area contributed by atoms with E-state index in [2.05, 4.69) is 59.1 Å². The minimum atomic E-state index is -0.807. The zero-order valence-electron chi connectivity index (χ0n) is 19.3. The molecule has 0 radical (unpaired) electrons. The first-order valence-electron chi connectivity index (χ1n) is 10.8. The van der Waals surface area contributed by atoms with Crippen LogP contribution in [0.25, 0.3) is 0 Å². The van der Waals surface area contributed by atoms with Gasteiger partial charge in [-0.3, -0.25) is 5.32 Å². The quantitative estimate of drug-likeness (QED) is 0.307. The van der Waals surface area contributed by atoms with Crippen molar-refractivity contribution in [1.82, 2.24) is 10.6 Å². The van der Waals surface area contributed by atoms with E-state index in [4.69, 9.17) is 9.47 Å². The van der Waals surface area contributed by atoms with Crippen LogP contribution in [0.2, 0.25) is 0 Å². The van der Waals surface area contributed by atoms with Crippen molar-refractivity contribution < 1.29 is 9.47 Å². The van der Waals surface area contributed by atoms with Gasteiger partial charge in [-0.1, -0.05) is 45.4 Å². The molecule has 1 unspecified atom stereocenters. The van der Waals surface area contributed by atoms with Gasteiger partial charge in [-0.15, -0.1) is 0 Å². The number of rotatable bonds is 14. The summed E-state index contributed by atoms with van der Waals surface area (Å²) in [6.07, 6.45) is 8.79. The Bertz CT molecular complexity index is 339. The summed E-state index contributed by atoms with van der Waals surface area (Å²) in [4.78, 5) is 0. The molecule has 0 saturated heterocycles. The van der Waals surface area contributed by atoms with Gasteiger partial charge < -0.3 is 14.8 Å². The summed E-state index contributed by atoms with van der Waals surface area (Å²) in [5, 5.41) is 7.43. The smallest absolute Gasteiger partial charge is 0.244 e. The highest BCUT2D eigenvalue weighted by atomic mass is 16.7. The molecule has 1 atom stereocenters. The van der Waals surface area contributed by atoms with E-state index in [-0.39, 0.29) is 17.1 Å². The normalized spacial score (nSPS) is 14.7. The van der Waals surface area contributed by atoms with Crippen LogP contribution in [0.5, 0.6) is 0 Å². The lowest BCUT2D eigenvalue weighted by Gasteiger charge is -2.46. The molecule has 0 bridgehead atoms. The summed E-state index contributed by atoms with van der Waals surface area (Å²) in [5.74, 6) is -0.807. The second-order valence-corrected chi connectivity index (χ2v) is 9.41. The van der Waals surface area contributed by atoms with Gasteiger partial charge in [0.05, 0.1) is 6.04 Å². The Kier molecular flexibility index (Phi) is 12.3. The third-order valence-corrected chi connectivity index (χ3v) is 4.18. The minimum Gasteiger partial charge on any atom is -0.336 e. The minimum absolute atomic E-state index is 0.00804. The Balaban J connectivity index is 5.28. The zero-order valence-corrected chi connectivity index (χ0v) is 19.3. The molecule has 0 rings (SSSR count). The predicted octanol–water partition coefficient (Wildman–Crippen LogP) is 5.61. The number of ether oxygens (including phenoxy) is 2. The van der Waals surface area contributed by atoms with E-state index >= 15 is 0 Å². The number of hydrogen-bond acceptors (Lipinski definition) is 4. The number of unbranched alkanes of at least 4 members (excludes halogenated alkanes) is 5. The molecule has 4 heteroatoms. The van der Waals surface area contributed by atoms with Gasteiger partial charge in [0, 0.05) is 24.3 Å². The van der Waals surface area contributed by atoms with Gasteiger partial charge in [-0.05, 0) is 61.8 Å². The average molecular weight is 373 g/mol. The first kappa shape index (κ1) is 25.8. The molecule has 0 saturated carbocycles. The van der Waals surface area contributed by atoms with E-state index in [0.717, 1.165) is 6.42 Å². The molecule has 0 aromatic heterocycles. The fraction of sp³-hybridized carbons (Fsp3) is 1.00. The molecule has 26 heavy (non-hydrogen) atoms. The molecule has 4 nitrogen and oxygen atoms in total. The molecule has 0 aliphatic carbocycles. The monoisotopic (exact) mass is 372 g/mol. The van der Waals surface area contributed by atoms with Gasteiger partial charge in [-0.2, -0.15) is 0 Å². The zero-order chi connectivity index (χ0) is 20.3. The third-order valence-electron chi connectivity index (χ3n) is 4.18. The number of hydrogen-bond donors (Lipinski definition) is 2. The summed E-state index contributed by atoms with van der Waals surface area (Å²) < 4.78 is 12.5. The molecule has 0 aromatic carbocycles. The summed E-state index contributed by atoms with van der Waals surface area (Å²) in [6, 6.07) is 0.0906. The van der Waals surface area contributed by atoms with E-state index in [1.165, 1.54) is 38.5 Å². The topological polar surface area (TPSA) is 42.5 Å². The van der Waals surface area contributed by atoms with E-state index in [1.54, 1.807) is 0 Å². The van der Waals surface area contributed by atoms with Gasteiger partial charge in [0.2, 0.25) is 5.91 Å². The van der Waals surface area contributed by atoms with Gasteiger partial charge in [0.25, 0.3) is 0 Å². The van der Waals surface area contributed by atoms with Crippen LogP contribution in [0, 0.1) is 0 Å². The lowest BCUT2D eigenvalue weighted by Crippen LogP contribution is -2.69. The van der Waals surface area contributed by atoms with Crippen molar-refractivity contribution in [2.24, 2.45) is 0 Å². The molecule has 0 amide bonds.